The zero-order valence-electron chi connectivity index (χ0n) is 15.5. The zero-order valence-corrected chi connectivity index (χ0v) is 16.2. The summed E-state index contributed by atoms with van der Waals surface area (Å²) in [5, 5.41) is 12.8. The van der Waals surface area contributed by atoms with Gasteiger partial charge in [-0.05, 0) is 31.2 Å². The van der Waals surface area contributed by atoms with Crippen molar-refractivity contribution in [1.29, 1.82) is 5.26 Å². The number of halogens is 1. The first-order valence-electron chi connectivity index (χ1n) is 9.29. The van der Waals surface area contributed by atoms with Gasteiger partial charge in [-0.25, -0.2) is 0 Å². The Hall–Kier alpha value is -2.39. The third-order valence-corrected chi connectivity index (χ3v) is 5.53. The van der Waals surface area contributed by atoms with Crippen LogP contribution in [0.25, 0.3) is 0 Å². The number of hydrogen-bond donors (Lipinski definition) is 3. The number of piperazine rings is 1. The SMILES string of the molecule is C[C@H](C(=O)Nc1ccccc1C#N)[NH+]1CC[NH+](Cc2ccc(Cl)cc2)CC1. The molecule has 1 aliphatic rings. The number of nitrogens with one attached hydrogen (secondary N) is 3. The van der Waals surface area contributed by atoms with Crippen LogP contribution in [0.4, 0.5) is 5.69 Å². The lowest BCUT2D eigenvalue weighted by atomic mass is 10.1. The van der Waals surface area contributed by atoms with Crippen molar-refractivity contribution in [2.24, 2.45) is 0 Å². The van der Waals surface area contributed by atoms with Gasteiger partial charge < -0.3 is 15.1 Å². The summed E-state index contributed by atoms with van der Waals surface area (Å²) in [5.41, 5.74) is 2.37. The molecule has 0 spiro atoms. The second kappa shape index (κ2) is 9.01. The van der Waals surface area contributed by atoms with Crippen LogP contribution in [0.3, 0.4) is 0 Å². The molecular weight excluding hydrogens is 360 g/mol. The average Bonchev–Trinajstić information content (AvgIpc) is 2.70. The van der Waals surface area contributed by atoms with Crippen molar-refractivity contribution >= 4 is 23.2 Å². The van der Waals surface area contributed by atoms with Crippen molar-refractivity contribution in [2.45, 2.75) is 19.5 Å². The van der Waals surface area contributed by atoms with Gasteiger partial charge in [-0.3, -0.25) is 4.79 Å². The van der Waals surface area contributed by atoms with Crippen molar-refractivity contribution in [3.63, 3.8) is 0 Å². The second-order valence-corrected chi connectivity index (χ2v) is 7.52. The maximum atomic E-state index is 12.6. The Kier molecular flexibility index (Phi) is 6.46. The average molecular weight is 385 g/mol. The third kappa shape index (κ3) is 5.08. The summed E-state index contributed by atoms with van der Waals surface area (Å²) in [7, 11) is 0. The second-order valence-electron chi connectivity index (χ2n) is 7.08. The van der Waals surface area contributed by atoms with Crippen LogP contribution in [-0.4, -0.2) is 38.1 Å². The first-order chi connectivity index (χ1) is 13.1. The van der Waals surface area contributed by atoms with Crippen LogP contribution < -0.4 is 15.1 Å². The molecule has 6 heteroatoms. The topological polar surface area (TPSA) is 61.8 Å². The number of carbonyl (C=O) groups is 1. The van der Waals surface area contributed by atoms with Gasteiger partial charge in [0.1, 0.15) is 38.8 Å². The highest BCUT2D eigenvalue weighted by Crippen LogP contribution is 2.13. The highest BCUT2D eigenvalue weighted by molar-refractivity contribution is 6.30. The molecule has 0 radical (unpaired) electrons. The van der Waals surface area contributed by atoms with Crippen LogP contribution in [0.15, 0.2) is 48.5 Å². The molecule has 0 bridgehead atoms. The fraction of sp³-hybridized carbons (Fsp3) is 0.333. The predicted octanol–water partition coefficient (Wildman–Crippen LogP) is 0.522. The van der Waals surface area contributed by atoms with E-state index in [1.807, 2.05) is 25.1 Å². The summed E-state index contributed by atoms with van der Waals surface area (Å²) in [5.74, 6) is -0.0335. The maximum Gasteiger partial charge on any atom is 0.282 e. The van der Waals surface area contributed by atoms with E-state index in [1.54, 1.807) is 18.2 Å². The molecule has 3 rings (SSSR count). The van der Waals surface area contributed by atoms with Crippen molar-refractivity contribution in [1.82, 2.24) is 0 Å². The summed E-state index contributed by atoms with van der Waals surface area (Å²) in [4.78, 5) is 15.4. The first kappa shape index (κ1) is 19.4. The van der Waals surface area contributed by atoms with Crippen LogP contribution >= 0.6 is 11.6 Å². The van der Waals surface area contributed by atoms with E-state index in [0.29, 0.717) is 11.3 Å². The molecule has 0 unspecified atom stereocenters. The summed E-state index contributed by atoms with van der Waals surface area (Å²) >= 11 is 5.95. The fourth-order valence-corrected chi connectivity index (χ4v) is 3.67. The third-order valence-electron chi connectivity index (χ3n) is 5.28. The molecule has 0 aliphatic carbocycles. The highest BCUT2D eigenvalue weighted by atomic mass is 35.5. The molecule has 140 valence electrons. The largest absolute Gasteiger partial charge is 0.322 e. The molecule has 1 atom stereocenters. The highest BCUT2D eigenvalue weighted by Gasteiger charge is 2.31. The number of nitriles is 1. The molecule has 0 saturated carbocycles. The molecule has 1 amide bonds. The molecule has 27 heavy (non-hydrogen) atoms. The van der Waals surface area contributed by atoms with E-state index in [9.17, 15) is 4.79 Å². The van der Waals surface area contributed by atoms with Crippen molar-refractivity contribution in [2.75, 3.05) is 31.5 Å². The molecule has 1 aliphatic heterocycles. The number of nitrogens with zero attached hydrogens (tertiary/aromatic N) is 1. The summed E-state index contributed by atoms with van der Waals surface area (Å²) in [6.07, 6.45) is 0. The number of hydrogen-bond acceptors (Lipinski definition) is 2. The number of carbonyl (C=O) groups excluding carboxylic acids is 1. The Morgan fingerprint density at radius 2 is 1.81 bits per heavy atom. The Morgan fingerprint density at radius 1 is 1.15 bits per heavy atom. The first-order valence-corrected chi connectivity index (χ1v) is 9.67. The number of amides is 1. The number of benzene rings is 2. The Morgan fingerprint density at radius 3 is 2.48 bits per heavy atom. The summed E-state index contributed by atoms with van der Waals surface area (Å²) in [6.45, 7) is 6.92. The van der Waals surface area contributed by atoms with Gasteiger partial charge in [-0.15, -0.1) is 0 Å². The standard InChI is InChI=1S/C21H23ClN4O/c1-16(21(27)24-20-5-3-2-4-18(20)14-23)26-12-10-25(11-13-26)15-17-6-8-19(22)9-7-17/h2-9,16H,10-13,15H2,1H3,(H,24,27)/p+2/t16-/m1/s1. The maximum absolute atomic E-state index is 12.6. The van der Waals surface area contributed by atoms with Gasteiger partial charge in [0.15, 0.2) is 6.04 Å². The van der Waals surface area contributed by atoms with E-state index in [-0.39, 0.29) is 11.9 Å². The molecule has 3 N–H and O–H groups in total. The van der Waals surface area contributed by atoms with Gasteiger partial charge in [-0.1, -0.05) is 35.9 Å². The van der Waals surface area contributed by atoms with E-state index in [2.05, 4.69) is 23.5 Å². The van der Waals surface area contributed by atoms with E-state index in [0.717, 1.165) is 37.7 Å². The van der Waals surface area contributed by atoms with Gasteiger partial charge in [0.2, 0.25) is 0 Å². The number of anilines is 1. The minimum Gasteiger partial charge on any atom is -0.322 e. The van der Waals surface area contributed by atoms with Gasteiger partial charge in [0.25, 0.3) is 5.91 Å². The van der Waals surface area contributed by atoms with Gasteiger partial charge in [0.05, 0.1) is 11.3 Å². The normalized spacial score (nSPS) is 20.5. The lowest BCUT2D eigenvalue weighted by Crippen LogP contribution is -3.29. The Bertz CT molecular complexity index is 823. The lowest BCUT2D eigenvalue weighted by Gasteiger charge is -2.32. The molecule has 1 heterocycles. The van der Waals surface area contributed by atoms with Crippen LogP contribution in [0, 0.1) is 11.3 Å². The molecule has 5 nitrogen and oxygen atoms in total. The van der Waals surface area contributed by atoms with E-state index < -0.39 is 0 Å². The Labute approximate surface area is 165 Å². The minimum atomic E-state index is -0.145. The van der Waals surface area contributed by atoms with Crippen LogP contribution in [-0.2, 0) is 11.3 Å². The van der Waals surface area contributed by atoms with E-state index in [1.165, 1.54) is 15.4 Å². The van der Waals surface area contributed by atoms with Crippen molar-refractivity contribution in [3.8, 4) is 6.07 Å². The minimum absolute atomic E-state index is 0.0335. The van der Waals surface area contributed by atoms with Crippen molar-refractivity contribution < 1.29 is 14.6 Å². The lowest BCUT2D eigenvalue weighted by molar-refractivity contribution is -1.02. The van der Waals surface area contributed by atoms with Crippen molar-refractivity contribution in [3.05, 3.63) is 64.7 Å². The molecule has 1 saturated heterocycles. The Balaban J connectivity index is 1.52. The van der Waals surface area contributed by atoms with Gasteiger partial charge >= 0.3 is 0 Å². The number of para-hydroxylation sites is 1. The summed E-state index contributed by atoms with van der Waals surface area (Å²) < 4.78 is 0. The molecular formula is C21H25ClN4O+2. The quantitative estimate of drug-likeness (QED) is 0.704. The van der Waals surface area contributed by atoms with Crippen LogP contribution in [0.5, 0.6) is 0 Å². The molecule has 1 fully saturated rings. The van der Waals surface area contributed by atoms with Crippen LogP contribution in [0.1, 0.15) is 18.1 Å². The monoisotopic (exact) mass is 384 g/mol. The van der Waals surface area contributed by atoms with Gasteiger partial charge in [0, 0.05) is 10.6 Å². The number of quaternary nitrogens is 2. The predicted molar refractivity (Wildman–Crippen MR) is 106 cm³/mol. The van der Waals surface area contributed by atoms with Gasteiger partial charge in [-0.2, -0.15) is 5.26 Å². The summed E-state index contributed by atoms with van der Waals surface area (Å²) in [6, 6.07) is 17.1. The zero-order chi connectivity index (χ0) is 19.2. The fourth-order valence-electron chi connectivity index (χ4n) is 3.54. The number of rotatable bonds is 5. The van der Waals surface area contributed by atoms with Crippen LogP contribution in [0.2, 0.25) is 5.02 Å². The molecule has 0 aromatic heterocycles. The van der Waals surface area contributed by atoms with E-state index in [4.69, 9.17) is 16.9 Å². The molecule has 2 aromatic carbocycles. The molecule has 2 aromatic rings. The smallest absolute Gasteiger partial charge is 0.282 e. The van der Waals surface area contributed by atoms with E-state index >= 15 is 0 Å².